The van der Waals surface area contributed by atoms with Gasteiger partial charge >= 0.3 is 5.97 Å². The Hall–Kier alpha value is -1.51. The van der Waals surface area contributed by atoms with Crippen LogP contribution >= 0.6 is 22.7 Å². The minimum atomic E-state index is -1.08. The third-order valence-corrected chi connectivity index (χ3v) is 3.46. The second kappa shape index (κ2) is 5.21. The number of carbonyl (C=O) groups is 1. The lowest BCUT2D eigenvalue weighted by Crippen LogP contribution is -2.20. The first kappa shape index (κ1) is 12.0. The van der Waals surface area contributed by atoms with E-state index >= 15 is 0 Å². The maximum Gasteiger partial charge on any atom is 0.326 e. The van der Waals surface area contributed by atoms with Crippen molar-refractivity contribution < 1.29 is 9.90 Å². The molecule has 2 aromatic rings. The number of nitrogens with zero attached hydrogens (tertiary/aromatic N) is 2. The minimum Gasteiger partial charge on any atom is -0.480 e. The lowest BCUT2D eigenvalue weighted by atomic mass is 10.2. The first-order chi connectivity index (χ1) is 8.16. The van der Waals surface area contributed by atoms with E-state index in [0.717, 1.165) is 5.69 Å². The fraction of sp³-hybridized carbons (Fsp3) is 0.222. The number of aromatic nitrogens is 2. The van der Waals surface area contributed by atoms with Gasteiger partial charge < -0.3 is 16.2 Å². The van der Waals surface area contributed by atoms with Crippen LogP contribution in [-0.2, 0) is 11.3 Å². The van der Waals surface area contributed by atoms with E-state index in [9.17, 15) is 4.79 Å². The summed E-state index contributed by atoms with van der Waals surface area (Å²) in [5.74, 6) is -1.08. The van der Waals surface area contributed by atoms with Crippen molar-refractivity contribution in [2.75, 3.05) is 5.32 Å². The van der Waals surface area contributed by atoms with Crippen molar-refractivity contribution in [1.29, 1.82) is 0 Å². The van der Waals surface area contributed by atoms with Gasteiger partial charge in [0, 0.05) is 10.8 Å². The van der Waals surface area contributed by atoms with Crippen molar-refractivity contribution in [3.63, 3.8) is 0 Å². The molecule has 8 heteroatoms. The van der Waals surface area contributed by atoms with E-state index in [2.05, 4.69) is 15.3 Å². The van der Waals surface area contributed by atoms with E-state index in [1.165, 1.54) is 22.7 Å². The monoisotopic (exact) mass is 270 g/mol. The number of hydrogen-bond donors (Lipinski definition) is 3. The van der Waals surface area contributed by atoms with Crippen molar-refractivity contribution in [2.24, 2.45) is 5.73 Å². The number of nitrogens with one attached hydrogen (secondary N) is 1. The Morgan fingerprint density at radius 3 is 3.06 bits per heavy atom. The predicted octanol–water partition coefficient (Wildman–Crippen LogP) is 1.30. The standard InChI is InChI=1S/C9H10N4O2S2/c10-7(8(14)15)6-3-17-9(13-6)11-1-5-2-16-4-12-5/h2-4,7H,1,10H2,(H,11,13)(H,14,15). The molecular formula is C9H10N4O2S2. The van der Waals surface area contributed by atoms with Crippen LogP contribution in [0.4, 0.5) is 5.13 Å². The highest BCUT2D eigenvalue weighted by Gasteiger charge is 2.17. The summed E-state index contributed by atoms with van der Waals surface area (Å²) in [5, 5.41) is 16.0. The number of anilines is 1. The molecule has 0 bridgehead atoms. The molecule has 0 saturated heterocycles. The molecule has 0 amide bonds. The smallest absolute Gasteiger partial charge is 0.326 e. The molecule has 2 heterocycles. The Balaban J connectivity index is 1.96. The van der Waals surface area contributed by atoms with Crippen LogP contribution in [-0.4, -0.2) is 21.0 Å². The Kier molecular flexibility index (Phi) is 3.67. The van der Waals surface area contributed by atoms with Gasteiger partial charge in [-0.25, -0.2) is 9.97 Å². The summed E-state index contributed by atoms with van der Waals surface area (Å²) in [6.45, 7) is 0.568. The first-order valence-corrected chi connectivity index (χ1v) is 6.54. The lowest BCUT2D eigenvalue weighted by Gasteiger charge is -2.01. The molecule has 0 aliphatic carbocycles. The highest BCUT2D eigenvalue weighted by molar-refractivity contribution is 7.13. The second-order valence-corrected chi connectivity index (χ2v) is 4.80. The van der Waals surface area contributed by atoms with E-state index in [0.29, 0.717) is 17.4 Å². The van der Waals surface area contributed by atoms with Crippen LogP contribution < -0.4 is 11.1 Å². The van der Waals surface area contributed by atoms with E-state index in [1.807, 2.05) is 5.38 Å². The Labute approximate surface area is 105 Å². The number of carboxylic acid groups (broad SMARTS) is 1. The van der Waals surface area contributed by atoms with Crippen LogP contribution in [0.25, 0.3) is 0 Å². The van der Waals surface area contributed by atoms with Gasteiger partial charge in [0.2, 0.25) is 0 Å². The summed E-state index contributed by atoms with van der Waals surface area (Å²) in [5.41, 5.74) is 8.49. The summed E-state index contributed by atoms with van der Waals surface area (Å²) >= 11 is 2.85. The van der Waals surface area contributed by atoms with E-state index in [1.54, 1.807) is 10.9 Å². The lowest BCUT2D eigenvalue weighted by molar-refractivity contribution is -0.138. The summed E-state index contributed by atoms with van der Waals surface area (Å²) in [4.78, 5) is 18.9. The predicted molar refractivity (Wildman–Crippen MR) is 66.1 cm³/mol. The molecule has 0 aliphatic heterocycles. The zero-order chi connectivity index (χ0) is 12.3. The van der Waals surface area contributed by atoms with Crippen LogP contribution in [0.5, 0.6) is 0 Å². The molecule has 0 radical (unpaired) electrons. The molecule has 90 valence electrons. The van der Waals surface area contributed by atoms with Crippen molar-refractivity contribution in [1.82, 2.24) is 9.97 Å². The Morgan fingerprint density at radius 2 is 2.41 bits per heavy atom. The van der Waals surface area contributed by atoms with Gasteiger partial charge in [0.1, 0.15) is 6.04 Å². The average molecular weight is 270 g/mol. The zero-order valence-electron chi connectivity index (χ0n) is 8.66. The number of aliphatic carboxylic acids is 1. The molecule has 0 fully saturated rings. The largest absolute Gasteiger partial charge is 0.480 e. The van der Waals surface area contributed by atoms with Crippen LogP contribution in [0, 0.1) is 0 Å². The van der Waals surface area contributed by atoms with Crippen molar-refractivity contribution >= 4 is 33.8 Å². The first-order valence-electron chi connectivity index (χ1n) is 4.71. The minimum absolute atomic E-state index is 0.364. The number of carboxylic acids is 1. The van der Waals surface area contributed by atoms with E-state index in [-0.39, 0.29) is 0 Å². The third kappa shape index (κ3) is 2.99. The highest BCUT2D eigenvalue weighted by Crippen LogP contribution is 2.20. The van der Waals surface area contributed by atoms with E-state index in [4.69, 9.17) is 10.8 Å². The van der Waals surface area contributed by atoms with Gasteiger partial charge in [-0.2, -0.15) is 0 Å². The van der Waals surface area contributed by atoms with Crippen LogP contribution in [0.1, 0.15) is 17.4 Å². The van der Waals surface area contributed by atoms with Gasteiger partial charge in [0.15, 0.2) is 5.13 Å². The number of thiazole rings is 2. The number of rotatable bonds is 5. The van der Waals surface area contributed by atoms with Crippen molar-refractivity contribution in [2.45, 2.75) is 12.6 Å². The normalized spacial score (nSPS) is 12.3. The Bertz CT molecular complexity index is 497. The second-order valence-electron chi connectivity index (χ2n) is 3.23. The van der Waals surface area contributed by atoms with Gasteiger partial charge in [0.25, 0.3) is 0 Å². The summed E-state index contributed by atoms with van der Waals surface area (Å²) < 4.78 is 0. The molecule has 2 rings (SSSR count). The third-order valence-electron chi connectivity index (χ3n) is 2.01. The average Bonchev–Trinajstić information content (AvgIpc) is 2.96. The van der Waals surface area contributed by atoms with Crippen molar-refractivity contribution in [3.8, 4) is 0 Å². The molecule has 2 aromatic heterocycles. The van der Waals surface area contributed by atoms with Gasteiger partial charge in [0.05, 0.1) is 23.4 Å². The Morgan fingerprint density at radius 1 is 1.59 bits per heavy atom. The molecule has 6 nitrogen and oxygen atoms in total. The molecule has 1 atom stereocenters. The van der Waals surface area contributed by atoms with Crippen LogP contribution in [0.2, 0.25) is 0 Å². The van der Waals surface area contributed by atoms with Gasteiger partial charge in [-0.15, -0.1) is 22.7 Å². The van der Waals surface area contributed by atoms with E-state index < -0.39 is 12.0 Å². The fourth-order valence-corrected chi connectivity index (χ4v) is 2.43. The molecule has 4 N–H and O–H groups in total. The molecule has 1 unspecified atom stereocenters. The van der Waals surface area contributed by atoms with Crippen molar-refractivity contribution in [3.05, 3.63) is 27.7 Å². The van der Waals surface area contributed by atoms with Gasteiger partial charge in [-0.3, -0.25) is 4.79 Å². The molecular weight excluding hydrogens is 260 g/mol. The topological polar surface area (TPSA) is 101 Å². The zero-order valence-corrected chi connectivity index (χ0v) is 10.3. The SMILES string of the molecule is NC(C(=O)O)c1csc(NCc2cscn2)n1. The highest BCUT2D eigenvalue weighted by atomic mass is 32.1. The van der Waals surface area contributed by atoms with Gasteiger partial charge in [-0.1, -0.05) is 0 Å². The maximum absolute atomic E-state index is 10.7. The molecule has 0 saturated carbocycles. The number of hydrogen-bond acceptors (Lipinski definition) is 7. The molecule has 17 heavy (non-hydrogen) atoms. The molecule has 0 aliphatic rings. The van der Waals surface area contributed by atoms with Crippen LogP contribution in [0.15, 0.2) is 16.3 Å². The van der Waals surface area contributed by atoms with Gasteiger partial charge in [-0.05, 0) is 0 Å². The number of nitrogens with two attached hydrogens (primary N) is 1. The van der Waals surface area contributed by atoms with Crippen LogP contribution in [0.3, 0.4) is 0 Å². The summed E-state index contributed by atoms with van der Waals surface area (Å²) in [6, 6.07) is -1.07. The molecule has 0 aromatic carbocycles. The quantitative estimate of drug-likeness (QED) is 0.757. The summed E-state index contributed by atoms with van der Waals surface area (Å²) in [7, 11) is 0. The summed E-state index contributed by atoms with van der Waals surface area (Å²) in [6.07, 6.45) is 0. The fourth-order valence-electron chi connectivity index (χ4n) is 1.13. The maximum atomic E-state index is 10.7. The molecule has 0 spiro atoms.